The molecule has 0 aromatic carbocycles. The van der Waals surface area contributed by atoms with Crippen molar-refractivity contribution in [3.8, 4) is 0 Å². The highest BCUT2D eigenvalue weighted by Crippen LogP contribution is 2.19. The van der Waals surface area contributed by atoms with E-state index in [0.29, 0.717) is 11.7 Å². The summed E-state index contributed by atoms with van der Waals surface area (Å²) in [7, 11) is 0. The molecule has 0 N–H and O–H groups in total. The number of rotatable bonds is 3. The smallest absolute Gasteiger partial charge is 0.139 e. The van der Waals surface area contributed by atoms with E-state index in [0.717, 1.165) is 17.9 Å². The van der Waals surface area contributed by atoms with Crippen molar-refractivity contribution >= 4 is 12.6 Å². The fourth-order valence-corrected chi connectivity index (χ4v) is 0.985. The lowest BCUT2D eigenvalue weighted by Crippen LogP contribution is -1.86. The van der Waals surface area contributed by atoms with Gasteiger partial charge in [0.2, 0.25) is 0 Å². The molecule has 0 bridgehead atoms. The number of nitrogens with zero attached hydrogens (tertiary/aromatic N) is 1. The first-order chi connectivity index (χ1) is 5.27. The van der Waals surface area contributed by atoms with Gasteiger partial charge in [0.15, 0.2) is 0 Å². The third-order valence-corrected chi connectivity index (χ3v) is 2.16. The minimum Gasteiger partial charge on any atom is -0.361 e. The van der Waals surface area contributed by atoms with E-state index in [1.165, 1.54) is 0 Å². The van der Waals surface area contributed by atoms with Crippen LogP contribution in [0, 0.1) is 0 Å². The fraction of sp³-hybridized carbons (Fsp3) is 0.625. The minimum atomic E-state index is 0.469. The zero-order valence-corrected chi connectivity index (χ0v) is 7.77. The lowest BCUT2D eigenvalue weighted by atomic mass is 10.1. The summed E-state index contributed by atoms with van der Waals surface area (Å²) in [6.45, 7) is 4.26. The molecule has 11 heavy (non-hydrogen) atoms. The van der Waals surface area contributed by atoms with Gasteiger partial charge in [-0.2, -0.15) is 12.6 Å². The Labute approximate surface area is 72.4 Å². The predicted molar refractivity (Wildman–Crippen MR) is 47.9 cm³/mol. The summed E-state index contributed by atoms with van der Waals surface area (Å²) in [6, 6.07) is 1.97. The zero-order chi connectivity index (χ0) is 8.27. The molecule has 0 saturated heterocycles. The molecule has 0 amide bonds. The van der Waals surface area contributed by atoms with E-state index >= 15 is 0 Å². The predicted octanol–water partition coefficient (Wildman–Crippen LogP) is 2.62. The Morgan fingerprint density at radius 2 is 2.45 bits per heavy atom. The van der Waals surface area contributed by atoms with Crippen molar-refractivity contribution in [3.63, 3.8) is 0 Å². The van der Waals surface area contributed by atoms with Crippen molar-refractivity contribution in [2.45, 2.75) is 31.9 Å². The van der Waals surface area contributed by atoms with E-state index in [9.17, 15) is 0 Å². The SMILES string of the molecule is CCC(C)c1cc(CS)no1. The van der Waals surface area contributed by atoms with Crippen LogP contribution in [0.25, 0.3) is 0 Å². The second kappa shape index (κ2) is 3.81. The third-order valence-electron chi connectivity index (χ3n) is 1.84. The molecular weight excluding hydrogens is 158 g/mol. The van der Waals surface area contributed by atoms with Gasteiger partial charge in [0.1, 0.15) is 5.76 Å². The van der Waals surface area contributed by atoms with Crippen molar-refractivity contribution in [2.24, 2.45) is 0 Å². The molecule has 1 heterocycles. The van der Waals surface area contributed by atoms with Crippen molar-refractivity contribution in [3.05, 3.63) is 17.5 Å². The Kier molecular flexibility index (Phi) is 3.00. The average molecular weight is 171 g/mol. The Bertz CT molecular complexity index is 222. The van der Waals surface area contributed by atoms with Gasteiger partial charge in [0.25, 0.3) is 0 Å². The van der Waals surface area contributed by atoms with Crippen LogP contribution in [0.2, 0.25) is 0 Å². The summed E-state index contributed by atoms with van der Waals surface area (Å²) in [5, 5.41) is 3.85. The van der Waals surface area contributed by atoms with E-state index in [1.54, 1.807) is 0 Å². The molecule has 0 fully saturated rings. The van der Waals surface area contributed by atoms with Crippen LogP contribution in [0.5, 0.6) is 0 Å². The quantitative estimate of drug-likeness (QED) is 0.707. The first kappa shape index (κ1) is 8.65. The number of hydrogen-bond donors (Lipinski definition) is 1. The molecule has 0 saturated carbocycles. The first-order valence-electron chi connectivity index (χ1n) is 3.84. The fourth-order valence-electron chi connectivity index (χ4n) is 0.836. The van der Waals surface area contributed by atoms with E-state index in [1.807, 2.05) is 6.07 Å². The molecule has 3 heteroatoms. The summed E-state index contributed by atoms with van der Waals surface area (Å²) < 4.78 is 5.11. The van der Waals surface area contributed by atoms with E-state index in [-0.39, 0.29) is 0 Å². The van der Waals surface area contributed by atoms with Crippen molar-refractivity contribution in [1.29, 1.82) is 0 Å². The van der Waals surface area contributed by atoms with Crippen LogP contribution in [0.3, 0.4) is 0 Å². The number of hydrogen-bond acceptors (Lipinski definition) is 3. The molecule has 1 unspecified atom stereocenters. The van der Waals surface area contributed by atoms with Crippen LogP contribution >= 0.6 is 12.6 Å². The first-order valence-corrected chi connectivity index (χ1v) is 4.47. The Morgan fingerprint density at radius 3 is 2.91 bits per heavy atom. The van der Waals surface area contributed by atoms with Crippen molar-refractivity contribution in [1.82, 2.24) is 5.16 Å². The third kappa shape index (κ3) is 1.99. The van der Waals surface area contributed by atoms with E-state index in [2.05, 4.69) is 31.6 Å². The lowest BCUT2D eigenvalue weighted by Gasteiger charge is -1.99. The summed E-state index contributed by atoms with van der Waals surface area (Å²) in [4.78, 5) is 0. The molecule has 0 aliphatic rings. The molecule has 2 nitrogen and oxygen atoms in total. The molecule has 1 rings (SSSR count). The van der Waals surface area contributed by atoms with Crippen LogP contribution in [-0.2, 0) is 5.75 Å². The summed E-state index contributed by atoms with van der Waals surface area (Å²) in [5.74, 6) is 2.09. The van der Waals surface area contributed by atoms with Crippen LogP contribution in [-0.4, -0.2) is 5.16 Å². The Balaban J connectivity index is 2.71. The van der Waals surface area contributed by atoms with Gasteiger partial charge in [-0.15, -0.1) is 0 Å². The maximum Gasteiger partial charge on any atom is 0.139 e. The second-order valence-corrected chi connectivity index (χ2v) is 3.00. The molecular formula is C8H13NOS. The molecule has 1 atom stereocenters. The monoisotopic (exact) mass is 171 g/mol. The van der Waals surface area contributed by atoms with Crippen LogP contribution in [0.15, 0.2) is 10.6 Å². The van der Waals surface area contributed by atoms with Crippen LogP contribution < -0.4 is 0 Å². The van der Waals surface area contributed by atoms with Crippen LogP contribution in [0.1, 0.15) is 37.6 Å². The van der Waals surface area contributed by atoms with Gasteiger partial charge in [0.05, 0.1) is 5.69 Å². The minimum absolute atomic E-state index is 0.469. The molecule has 62 valence electrons. The molecule has 0 radical (unpaired) electrons. The Hall–Kier alpha value is -0.440. The van der Waals surface area contributed by atoms with Crippen molar-refractivity contribution < 1.29 is 4.52 Å². The zero-order valence-electron chi connectivity index (χ0n) is 6.87. The standard InChI is InChI=1S/C8H13NOS/c1-3-6(2)8-4-7(5-11)9-10-8/h4,6,11H,3,5H2,1-2H3. The summed E-state index contributed by atoms with van der Waals surface area (Å²) in [5.41, 5.74) is 0.920. The number of thiol groups is 1. The Morgan fingerprint density at radius 1 is 1.73 bits per heavy atom. The molecule has 0 aliphatic carbocycles. The largest absolute Gasteiger partial charge is 0.361 e. The van der Waals surface area contributed by atoms with Gasteiger partial charge in [-0.05, 0) is 6.42 Å². The van der Waals surface area contributed by atoms with Gasteiger partial charge in [-0.25, -0.2) is 0 Å². The van der Waals surface area contributed by atoms with Crippen molar-refractivity contribution in [2.75, 3.05) is 0 Å². The molecule has 0 spiro atoms. The van der Waals surface area contributed by atoms with Gasteiger partial charge in [-0.3, -0.25) is 0 Å². The van der Waals surface area contributed by atoms with Gasteiger partial charge in [0, 0.05) is 17.7 Å². The maximum absolute atomic E-state index is 5.11. The van der Waals surface area contributed by atoms with E-state index < -0.39 is 0 Å². The summed E-state index contributed by atoms with van der Waals surface area (Å²) >= 11 is 4.10. The highest BCUT2D eigenvalue weighted by atomic mass is 32.1. The molecule has 1 aromatic rings. The lowest BCUT2D eigenvalue weighted by molar-refractivity contribution is 0.359. The average Bonchev–Trinajstić information content (AvgIpc) is 2.50. The van der Waals surface area contributed by atoms with Gasteiger partial charge in [-0.1, -0.05) is 19.0 Å². The normalized spacial score (nSPS) is 13.4. The topological polar surface area (TPSA) is 26.0 Å². The highest BCUT2D eigenvalue weighted by molar-refractivity contribution is 7.79. The highest BCUT2D eigenvalue weighted by Gasteiger charge is 2.08. The number of aromatic nitrogens is 1. The maximum atomic E-state index is 5.11. The van der Waals surface area contributed by atoms with Gasteiger partial charge >= 0.3 is 0 Å². The van der Waals surface area contributed by atoms with Gasteiger partial charge < -0.3 is 4.52 Å². The molecule has 0 aliphatic heterocycles. The summed E-state index contributed by atoms with van der Waals surface area (Å²) in [6.07, 6.45) is 1.08. The van der Waals surface area contributed by atoms with Crippen LogP contribution in [0.4, 0.5) is 0 Å². The second-order valence-electron chi connectivity index (χ2n) is 2.69. The molecule has 1 aromatic heterocycles. The van der Waals surface area contributed by atoms with E-state index in [4.69, 9.17) is 4.52 Å².